The number of anilines is 1. The van der Waals surface area contributed by atoms with Crippen molar-refractivity contribution in [1.82, 2.24) is 10.2 Å². The number of aromatic nitrogens is 2. The Morgan fingerprint density at radius 2 is 2.29 bits per heavy atom. The summed E-state index contributed by atoms with van der Waals surface area (Å²) in [6, 6.07) is 0. The van der Waals surface area contributed by atoms with Gasteiger partial charge in [-0.1, -0.05) is 24.7 Å². The molecule has 4 heteroatoms. The molecule has 1 aliphatic rings. The van der Waals surface area contributed by atoms with E-state index < -0.39 is 0 Å². The molecule has 1 aromatic rings. The van der Waals surface area contributed by atoms with Crippen molar-refractivity contribution >= 4 is 16.5 Å². The second-order valence-corrected chi connectivity index (χ2v) is 5.10. The molecule has 1 aliphatic carbocycles. The molecule has 0 aromatic carbocycles. The summed E-state index contributed by atoms with van der Waals surface area (Å²) in [5, 5.41) is 13.8. The molecule has 0 bridgehead atoms. The second kappa shape index (κ2) is 4.26. The number of hydrogen-bond acceptors (Lipinski definition) is 4. The summed E-state index contributed by atoms with van der Waals surface area (Å²) in [5.41, 5.74) is 0. The SMILES string of the molecule is CCNc1nnc(C2CCC(C)C2)s1. The number of hydrogen-bond donors (Lipinski definition) is 1. The molecule has 1 fully saturated rings. The highest BCUT2D eigenvalue weighted by Crippen LogP contribution is 2.39. The highest BCUT2D eigenvalue weighted by molar-refractivity contribution is 7.15. The monoisotopic (exact) mass is 211 g/mol. The summed E-state index contributed by atoms with van der Waals surface area (Å²) < 4.78 is 0. The van der Waals surface area contributed by atoms with E-state index in [9.17, 15) is 0 Å². The maximum absolute atomic E-state index is 4.26. The molecule has 0 aliphatic heterocycles. The Hall–Kier alpha value is -0.640. The average molecular weight is 211 g/mol. The molecule has 3 nitrogen and oxygen atoms in total. The van der Waals surface area contributed by atoms with Gasteiger partial charge < -0.3 is 5.32 Å². The van der Waals surface area contributed by atoms with Crippen molar-refractivity contribution in [2.75, 3.05) is 11.9 Å². The van der Waals surface area contributed by atoms with Gasteiger partial charge in [0.25, 0.3) is 0 Å². The van der Waals surface area contributed by atoms with Crippen LogP contribution in [-0.2, 0) is 0 Å². The Morgan fingerprint density at radius 1 is 1.43 bits per heavy atom. The van der Waals surface area contributed by atoms with Gasteiger partial charge in [0.15, 0.2) is 0 Å². The predicted molar refractivity (Wildman–Crippen MR) is 59.8 cm³/mol. The van der Waals surface area contributed by atoms with E-state index >= 15 is 0 Å². The lowest BCUT2D eigenvalue weighted by atomic mass is 10.1. The van der Waals surface area contributed by atoms with E-state index in [1.54, 1.807) is 11.3 Å². The third-order valence-corrected chi connectivity index (χ3v) is 3.86. The Bertz CT molecular complexity index is 297. The highest BCUT2D eigenvalue weighted by Gasteiger charge is 2.25. The van der Waals surface area contributed by atoms with Crippen molar-refractivity contribution in [2.24, 2.45) is 5.92 Å². The van der Waals surface area contributed by atoms with Crippen molar-refractivity contribution < 1.29 is 0 Å². The molecule has 0 saturated heterocycles. The van der Waals surface area contributed by atoms with Crippen LogP contribution in [0, 0.1) is 5.92 Å². The first-order valence-corrected chi connectivity index (χ1v) is 6.18. The van der Waals surface area contributed by atoms with E-state index in [1.165, 1.54) is 24.3 Å². The summed E-state index contributed by atoms with van der Waals surface area (Å²) in [7, 11) is 0. The molecular formula is C10H17N3S. The first-order chi connectivity index (χ1) is 6.79. The zero-order valence-electron chi connectivity index (χ0n) is 8.79. The van der Waals surface area contributed by atoms with Gasteiger partial charge in [-0.15, -0.1) is 10.2 Å². The third kappa shape index (κ3) is 2.05. The normalized spacial score (nSPS) is 26.7. The van der Waals surface area contributed by atoms with E-state index in [-0.39, 0.29) is 0 Å². The molecule has 1 N–H and O–H groups in total. The quantitative estimate of drug-likeness (QED) is 0.835. The average Bonchev–Trinajstić information content (AvgIpc) is 2.74. The lowest BCUT2D eigenvalue weighted by Crippen LogP contribution is -1.94. The number of rotatable bonds is 3. The lowest BCUT2D eigenvalue weighted by molar-refractivity contribution is 0.594. The number of nitrogens with one attached hydrogen (secondary N) is 1. The second-order valence-electron chi connectivity index (χ2n) is 4.09. The maximum Gasteiger partial charge on any atom is 0.205 e. The minimum atomic E-state index is 0.676. The highest BCUT2D eigenvalue weighted by atomic mass is 32.1. The molecule has 1 aromatic heterocycles. The van der Waals surface area contributed by atoms with Gasteiger partial charge in [0.05, 0.1) is 0 Å². The Kier molecular flexibility index (Phi) is 3.01. The minimum absolute atomic E-state index is 0.676. The van der Waals surface area contributed by atoms with E-state index in [0.717, 1.165) is 17.6 Å². The van der Waals surface area contributed by atoms with Crippen molar-refractivity contribution in [3.05, 3.63) is 5.01 Å². The van der Waals surface area contributed by atoms with Crippen LogP contribution < -0.4 is 5.32 Å². The minimum Gasteiger partial charge on any atom is -0.360 e. The summed E-state index contributed by atoms with van der Waals surface area (Å²) in [6.45, 7) is 5.33. The zero-order chi connectivity index (χ0) is 9.97. The predicted octanol–water partition coefficient (Wildman–Crippen LogP) is 2.87. The van der Waals surface area contributed by atoms with Crippen LogP contribution in [0.25, 0.3) is 0 Å². The Morgan fingerprint density at radius 3 is 2.93 bits per heavy atom. The fourth-order valence-corrected chi connectivity index (χ4v) is 3.01. The van der Waals surface area contributed by atoms with Crippen molar-refractivity contribution in [3.8, 4) is 0 Å². The molecule has 1 saturated carbocycles. The fraction of sp³-hybridized carbons (Fsp3) is 0.800. The van der Waals surface area contributed by atoms with Gasteiger partial charge in [0.1, 0.15) is 5.01 Å². The molecule has 0 amide bonds. The van der Waals surface area contributed by atoms with Gasteiger partial charge in [-0.05, 0) is 25.7 Å². The van der Waals surface area contributed by atoms with Crippen LogP contribution in [-0.4, -0.2) is 16.7 Å². The maximum atomic E-state index is 4.26. The van der Waals surface area contributed by atoms with E-state index in [1.807, 2.05) is 0 Å². The summed E-state index contributed by atoms with van der Waals surface area (Å²) in [4.78, 5) is 0. The van der Waals surface area contributed by atoms with Gasteiger partial charge in [-0.2, -0.15) is 0 Å². The Balaban J connectivity index is 2.02. The molecule has 2 rings (SSSR count). The van der Waals surface area contributed by atoms with Crippen LogP contribution in [0.2, 0.25) is 0 Å². The summed E-state index contributed by atoms with van der Waals surface area (Å²) >= 11 is 1.72. The lowest BCUT2D eigenvalue weighted by Gasteiger charge is -2.02. The smallest absolute Gasteiger partial charge is 0.205 e. The standard InChI is InChI=1S/C10H17N3S/c1-3-11-10-13-12-9(14-10)8-5-4-7(2)6-8/h7-8H,3-6H2,1-2H3,(H,11,13). The van der Waals surface area contributed by atoms with Gasteiger partial charge >= 0.3 is 0 Å². The van der Waals surface area contributed by atoms with Crippen LogP contribution in [0.15, 0.2) is 0 Å². The molecule has 2 unspecified atom stereocenters. The molecule has 2 atom stereocenters. The van der Waals surface area contributed by atoms with Crippen molar-refractivity contribution in [3.63, 3.8) is 0 Å². The molecule has 14 heavy (non-hydrogen) atoms. The van der Waals surface area contributed by atoms with Gasteiger partial charge in [-0.25, -0.2) is 0 Å². The molecule has 1 heterocycles. The molecular weight excluding hydrogens is 194 g/mol. The van der Waals surface area contributed by atoms with Gasteiger partial charge in [0, 0.05) is 12.5 Å². The first kappa shape index (κ1) is 9.90. The van der Waals surface area contributed by atoms with Crippen LogP contribution in [0.3, 0.4) is 0 Å². The van der Waals surface area contributed by atoms with Gasteiger partial charge in [0.2, 0.25) is 5.13 Å². The topological polar surface area (TPSA) is 37.8 Å². The number of nitrogens with zero attached hydrogens (tertiary/aromatic N) is 2. The van der Waals surface area contributed by atoms with Crippen molar-refractivity contribution in [2.45, 2.75) is 39.0 Å². The third-order valence-electron chi connectivity index (χ3n) is 2.81. The van der Waals surface area contributed by atoms with E-state index in [2.05, 4.69) is 29.4 Å². The summed E-state index contributed by atoms with van der Waals surface area (Å²) in [5.74, 6) is 1.54. The largest absolute Gasteiger partial charge is 0.360 e. The molecule has 0 radical (unpaired) electrons. The first-order valence-electron chi connectivity index (χ1n) is 5.37. The van der Waals surface area contributed by atoms with E-state index in [4.69, 9.17) is 0 Å². The summed E-state index contributed by atoms with van der Waals surface area (Å²) in [6.07, 6.45) is 3.93. The van der Waals surface area contributed by atoms with Crippen LogP contribution in [0.4, 0.5) is 5.13 Å². The van der Waals surface area contributed by atoms with Crippen LogP contribution in [0.1, 0.15) is 44.0 Å². The fourth-order valence-electron chi connectivity index (χ4n) is 2.05. The van der Waals surface area contributed by atoms with Gasteiger partial charge in [-0.3, -0.25) is 0 Å². The molecule has 0 spiro atoms. The van der Waals surface area contributed by atoms with Crippen LogP contribution in [0.5, 0.6) is 0 Å². The van der Waals surface area contributed by atoms with Crippen LogP contribution >= 0.6 is 11.3 Å². The zero-order valence-corrected chi connectivity index (χ0v) is 9.60. The van der Waals surface area contributed by atoms with E-state index in [0.29, 0.717) is 5.92 Å². The Labute approximate surface area is 88.9 Å². The van der Waals surface area contributed by atoms with Crippen molar-refractivity contribution in [1.29, 1.82) is 0 Å². The molecule has 78 valence electrons.